The van der Waals surface area contributed by atoms with Crippen molar-refractivity contribution in [2.75, 3.05) is 13.1 Å². The highest BCUT2D eigenvalue weighted by atomic mass is 16.5. The number of fused-ring (bicyclic) bond motifs is 1. The van der Waals surface area contributed by atoms with Crippen LogP contribution in [0.2, 0.25) is 0 Å². The SMILES string of the molecule is Cc1cc(C(=O)N2CC[C@@H](Oc3ccc4cccnc4c3)[C@H](O)C2)cc(=O)[nH]1. The van der Waals surface area contributed by atoms with E-state index in [1.54, 1.807) is 24.1 Å². The third kappa shape index (κ3) is 3.75. The maximum atomic E-state index is 12.7. The van der Waals surface area contributed by atoms with Crippen LogP contribution in [-0.4, -0.2) is 51.2 Å². The first-order valence-electron chi connectivity index (χ1n) is 9.19. The van der Waals surface area contributed by atoms with Gasteiger partial charge in [0.25, 0.3) is 5.91 Å². The van der Waals surface area contributed by atoms with Crippen molar-refractivity contribution < 1.29 is 14.6 Å². The van der Waals surface area contributed by atoms with Crippen molar-refractivity contribution in [3.63, 3.8) is 0 Å². The summed E-state index contributed by atoms with van der Waals surface area (Å²) in [7, 11) is 0. The van der Waals surface area contributed by atoms with Crippen LogP contribution in [0.25, 0.3) is 10.9 Å². The standard InChI is InChI=1S/C21H21N3O4/c1-13-9-15(10-20(26)23-13)21(27)24-8-6-19(18(25)12-24)28-16-5-4-14-3-2-7-22-17(14)11-16/h2-5,7,9-11,18-19,25H,6,8,12H2,1H3,(H,23,26)/t18-,19-/m1/s1. The minimum atomic E-state index is -0.819. The Morgan fingerprint density at radius 1 is 1.29 bits per heavy atom. The summed E-state index contributed by atoms with van der Waals surface area (Å²) < 4.78 is 5.96. The molecular formula is C21H21N3O4. The first-order valence-corrected chi connectivity index (χ1v) is 9.19. The number of amides is 1. The van der Waals surface area contributed by atoms with Crippen LogP contribution >= 0.6 is 0 Å². The lowest BCUT2D eigenvalue weighted by Crippen LogP contribution is -2.51. The highest BCUT2D eigenvalue weighted by Gasteiger charge is 2.32. The number of rotatable bonds is 3. The fraction of sp³-hybridized carbons (Fsp3) is 0.286. The molecule has 1 aliphatic rings. The summed E-state index contributed by atoms with van der Waals surface area (Å²) in [6.07, 6.45) is 0.989. The summed E-state index contributed by atoms with van der Waals surface area (Å²) in [5.74, 6) is 0.377. The van der Waals surface area contributed by atoms with E-state index in [1.807, 2.05) is 30.3 Å². The summed E-state index contributed by atoms with van der Waals surface area (Å²) in [6.45, 7) is 2.32. The number of aromatic nitrogens is 2. The maximum Gasteiger partial charge on any atom is 0.254 e. The molecule has 3 heterocycles. The number of carbonyl (C=O) groups is 1. The number of aliphatic hydroxyl groups is 1. The van der Waals surface area contributed by atoms with Crippen molar-refractivity contribution >= 4 is 16.8 Å². The number of piperidine rings is 1. The Bertz CT molecular complexity index is 1080. The van der Waals surface area contributed by atoms with E-state index < -0.39 is 12.2 Å². The molecule has 2 aromatic heterocycles. The second-order valence-electron chi connectivity index (χ2n) is 7.04. The van der Waals surface area contributed by atoms with Crippen molar-refractivity contribution in [2.45, 2.75) is 25.6 Å². The molecule has 2 atom stereocenters. The summed E-state index contributed by atoms with van der Waals surface area (Å²) in [4.78, 5) is 32.8. The third-order valence-corrected chi connectivity index (χ3v) is 4.90. The van der Waals surface area contributed by atoms with Crippen molar-refractivity contribution in [2.24, 2.45) is 0 Å². The van der Waals surface area contributed by atoms with Crippen molar-refractivity contribution in [3.8, 4) is 5.75 Å². The van der Waals surface area contributed by atoms with Crippen molar-refractivity contribution in [3.05, 3.63) is 70.3 Å². The molecular weight excluding hydrogens is 358 g/mol. The lowest BCUT2D eigenvalue weighted by molar-refractivity contribution is -0.0198. The molecule has 0 bridgehead atoms. The van der Waals surface area contributed by atoms with E-state index in [9.17, 15) is 14.7 Å². The van der Waals surface area contributed by atoms with Crippen LogP contribution in [0, 0.1) is 6.92 Å². The van der Waals surface area contributed by atoms with E-state index in [0.717, 1.165) is 10.9 Å². The summed E-state index contributed by atoms with van der Waals surface area (Å²) >= 11 is 0. The molecule has 2 N–H and O–H groups in total. The second-order valence-corrected chi connectivity index (χ2v) is 7.04. The molecule has 7 nitrogen and oxygen atoms in total. The monoisotopic (exact) mass is 379 g/mol. The van der Waals surface area contributed by atoms with E-state index in [2.05, 4.69) is 9.97 Å². The Morgan fingerprint density at radius 3 is 2.93 bits per heavy atom. The molecule has 0 spiro atoms. The van der Waals surface area contributed by atoms with E-state index in [0.29, 0.717) is 30.0 Å². The molecule has 1 aliphatic heterocycles. The van der Waals surface area contributed by atoms with Gasteiger partial charge in [0.1, 0.15) is 18.0 Å². The number of β-amino-alcohol motifs (C(OH)–C–C–N with tert-alkyl or cyclic N) is 1. The molecule has 0 radical (unpaired) electrons. The topological polar surface area (TPSA) is 95.5 Å². The van der Waals surface area contributed by atoms with Gasteiger partial charge in [-0.15, -0.1) is 0 Å². The molecule has 3 aromatic rings. The van der Waals surface area contributed by atoms with E-state index in [1.165, 1.54) is 6.07 Å². The zero-order chi connectivity index (χ0) is 19.7. The van der Waals surface area contributed by atoms with Crippen LogP contribution in [0.5, 0.6) is 5.75 Å². The fourth-order valence-electron chi connectivity index (χ4n) is 3.52. The van der Waals surface area contributed by atoms with E-state index in [-0.39, 0.29) is 18.0 Å². The molecule has 144 valence electrons. The number of hydrogen-bond donors (Lipinski definition) is 2. The predicted molar refractivity (Wildman–Crippen MR) is 104 cm³/mol. The average molecular weight is 379 g/mol. The van der Waals surface area contributed by atoms with E-state index >= 15 is 0 Å². The largest absolute Gasteiger partial charge is 0.488 e. The van der Waals surface area contributed by atoms with Gasteiger partial charge in [-0.3, -0.25) is 14.6 Å². The first-order chi connectivity index (χ1) is 13.5. The van der Waals surface area contributed by atoms with Gasteiger partial charge in [-0.2, -0.15) is 0 Å². The Kier molecular flexibility index (Phi) is 4.83. The van der Waals surface area contributed by atoms with Gasteiger partial charge in [0.05, 0.1) is 12.1 Å². The zero-order valence-corrected chi connectivity index (χ0v) is 15.5. The fourth-order valence-corrected chi connectivity index (χ4v) is 3.52. The maximum absolute atomic E-state index is 12.7. The van der Waals surface area contributed by atoms with Crippen LogP contribution in [0.15, 0.2) is 53.5 Å². The first kappa shape index (κ1) is 18.2. The number of nitrogens with zero attached hydrogens (tertiary/aromatic N) is 2. The number of ether oxygens (including phenoxy) is 1. The van der Waals surface area contributed by atoms with E-state index in [4.69, 9.17) is 4.74 Å². The van der Waals surface area contributed by atoms with Gasteiger partial charge in [-0.1, -0.05) is 6.07 Å². The van der Waals surface area contributed by atoms with Gasteiger partial charge in [-0.25, -0.2) is 0 Å². The number of aromatic amines is 1. The Labute approximate surface area is 161 Å². The third-order valence-electron chi connectivity index (χ3n) is 4.90. The van der Waals surface area contributed by atoms with Gasteiger partial charge in [0, 0.05) is 47.9 Å². The smallest absolute Gasteiger partial charge is 0.254 e. The molecule has 7 heteroatoms. The Hall–Kier alpha value is -3.19. The second kappa shape index (κ2) is 7.44. The summed E-state index contributed by atoms with van der Waals surface area (Å²) in [5.41, 5.74) is 1.46. The lowest BCUT2D eigenvalue weighted by atomic mass is 10.0. The van der Waals surface area contributed by atoms with Crippen LogP contribution < -0.4 is 10.3 Å². The minimum Gasteiger partial charge on any atom is -0.488 e. The molecule has 1 aromatic carbocycles. The van der Waals surface area contributed by atoms with Crippen LogP contribution in [0.1, 0.15) is 22.5 Å². The van der Waals surface area contributed by atoms with Gasteiger partial charge >= 0.3 is 0 Å². The molecule has 1 amide bonds. The number of likely N-dealkylation sites (tertiary alicyclic amines) is 1. The molecule has 28 heavy (non-hydrogen) atoms. The normalized spacial score (nSPS) is 19.6. The highest BCUT2D eigenvalue weighted by molar-refractivity contribution is 5.94. The highest BCUT2D eigenvalue weighted by Crippen LogP contribution is 2.23. The van der Waals surface area contributed by atoms with Gasteiger partial charge in [-0.05, 0) is 31.2 Å². The van der Waals surface area contributed by atoms with Crippen molar-refractivity contribution in [1.82, 2.24) is 14.9 Å². The Morgan fingerprint density at radius 2 is 2.14 bits per heavy atom. The summed E-state index contributed by atoms with van der Waals surface area (Å²) in [5, 5.41) is 11.5. The predicted octanol–water partition coefficient (Wildman–Crippen LogP) is 1.89. The number of aryl methyl sites for hydroxylation is 1. The average Bonchev–Trinajstić information content (AvgIpc) is 2.68. The number of carbonyl (C=O) groups excluding carboxylic acids is 1. The van der Waals surface area contributed by atoms with Gasteiger partial charge < -0.3 is 19.7 Å². The molecule has 0 aliphatic carbocycles. The van der Waals surface area contributed by atoms with Gasteiger partial charge in [0.15, 0.2) is 0 Å². The minimum absolute atomic E-state index is 0.154. The number of hydrogen-bond acceptors (Lipinski definition) is 5. The lowest BCUT2D eigenvalue weighted by Gasteiger charge is -2.36. The van der Waals surface area contributed by atoms with Crippen LogP contribution in [0.4, 0.5) is 0 Å². The number of aliphatic hydroxyl groups excluding tert-OH is 1. The Balaban J connectivity index is 1.44. The number of benzene rings is 1. The molecule has 0 saturated carbocycles. The molecule has 1 fully saturated rings. The van der Waals surface area contributed by atoms with Crippen LogP contribution in [-0.2, 0) is 0 Å². The number of pyridine rings is 2. The van der Waals surface area contributed by atoms with Gasteiger partial charge in [0.2, 0.25) is 5.56 Å². The van der Waals surface area contributed by atoms with Crippen LogP contribution in [0.3, 0.4) is 0 Å². The number of nitrogens with one attached hydrogen (secondary N) is 1. The van der Waals surface area contributed by atoms with Crippen molar-refractivity contribution in [1.29, 1.82) is 0 Å². The zero-order valence-electron chi connectivity index (χ0n) is 15.5. The molecule has 0 unspecified atom stereocenters. The number of H-pyrrole nitrogens is 1. The quantitative estimate of drug-likeness (QED) is 0.725. The molecule has 1 saturated heterocycles. The summed E-state index contributed by atoms with van der Waals surface area (Å²) in [6, 6.07) is 12.4. The molecule has 4 rings (SSSR count).